The lowest BCUT2D eigenvalue weighted by molar-refractivity contribution is 0.0601. The molecule has 1 aromatic carbocycles. The third kappa shape index (κ3) is 2.70. The van der Waals surface area contributed by atoms with E-state index in [9.17, 15) is 4.79 Å². The number of rotatable bonds is 3. The van der Waals surface area contributed by atoms with Crippen molar-refractivity contribution >= 4 is 23.1 Å². The number of esters is 1. The van der Waals surface area contributed by atoms with Crippen LogP contribution in [0.5, 0.6) is 0 Å². The van der Waals surface area contributed by atoms with Gasteiger partial charge in [-0.25, -0.2) is 9.78 Å². The van der Waals surface area contributed by atoms with E-state index in [1.54, 1.807) is 24.3 Å². The highest BCUT2D eigenvalue weighted by Gasteiger charge is 2.12. The molecule has 0 N–H and O–H groups in total. The second-order valence-electron chi connectivity index (χ2n) is 5.09. The third-order valence-electron chi connectivity index (χ3n) is 3.54. The van der Waals surface area contributed by atoms with Gasteiger partial charge in [0.2, 0.25) is 0 Å². The zero-order valence-electron chi connectivity index (χ0n) is 13.1. The zero-order chi connectivity index (χ0) is 16.4. The van der Waals surface area contributed by atoms with Crippen molar-refractivity contribution in [3.8, 4) is 0 Å². The normalized spacial score (nSPS) is 11.3. The average molecular weight is 308 g/mol. The fraction of sp³-hybridized carbons (Fsp3) is 0.176. The monoisotopic (exact) mass is 308 g/mol. The minimum Gasteiger partial charge on any atom is -0.465 e. The number of methoxy groups -OCH3 is 1. The molecule has 3 rings (SSSR count). The second-order valence-corrected chi connectivity index (χ2v) is 5.09. The van der Waals surface area contributed by atoms with Crippen molar-refractivity contribution in [1.29, 1.82) is 0 Å². The van der Waals surface area contributed by atoms with Crippen molar-refractivity contribution in [3.63, 3.8) is 0 Å². The minimum absolute atomic E-state index is 0.377. The van der Waals surface area contributed by atoms with Gasteiger partial charge in [-0.1, -0.05) is 18.2 Å². The second kappa shape index (κ2) is 6.00. The number of fused-ring (bicyclic) bond motifs is 1. The first-order valence-corrected chi connectivity index (χ1v) is 7.15. The number of azo groups is 1. The van der Waals surface area contributed by atoms with E-state index < -0.39 is 5.97 Å². The highest BCUT2D eigenvalue weighted by atomic mass is 16.5. The first-order chi connectivity index (χ1) is 11.1. The molecule has 0 unspecified atom stereocenters. The van der Waals surface area contributed by atoms with E-state index >= 15 is 0 Å². The Morgan fingerprint density at radius 2 is 1.87 bits per heavy atom. The van der Waals surface area contributed by atoms with Gasteiger partial charge in [0.25, 0.3) is 0 Å². The molecule has 0 saturated carbocycles. The molecular formula is C17H16N4O2. The van der Waals surface area contributed by atoms with Crippen LogP contribution in [0, 0.1) is 13.8 Å². The van der Waals surface area contributed by atoms with Crippen molar-refractivity contribution in [2.75, 3.05) is 7.11 Å². The molecule has 6 heteroatoms. The molecule has 0 aliphatic carbocycles. The van der Waals surface area contributed by atoms with Gasteiger partial charge in [0.15, 0.2) is 5.82 Å². The summed E-state index contributed by atoms with van der Waals surface area (Å²) >= 11 is 0. The lowest BCUT2D eigenvalue weighted by Gasteiger charge is -2.03. The lowest BCUT2D eigenvalue weighted by Crippen LogP contribution is -2.00. The number of benzene rings is 1. The maximum absolute atomic E-state index is 11.8. The number of aromatic nitrogens is 2. The lowest BCUT2D eigenvalue weighted by atomic mass is 10.2. The first kappa shape index (κ1) is 14.9. The summed E-state index contributed by atoms with van der Waals surface area (Å²) in [5.41, 5.74) is 3.44. The number of pyridine rings is 1. The Bertz CT molecular complexity index is 912. The fourth-order valence-corrected chi connectivity index (χ4v) is 2.41. The molecule has 0 saturated heterocycles. The van der Waals surface area contributed by atoms with E-state index in [-0.39, 0.29) is 0 Å². The van der Waals surface area contributed by atoms with Crippen LogP contribution in [0.2, 0.25) is 0 Å². The summed E-state index contributed by atoms with van der Waals surface area (Å²) in [5.74, 6) is 0.211. The largest absolute Gasteiger partial charge is 0.465 e. The van der Waals surface area contributed by atoms with Crippen LogP contribution in [0.4, 0.5) is 11.5 Å². The Kier molecular flexibility index (Phi) is 3.89. The molecule has 23 heavy (non-hydrogen) atoms. The summed E-state index contributed by atoms with van der Waals surface area (Å²) in [4.78, 5) is 16.3. The van der Waals surface area contributed by atoms with E-state index in [1.165, 1.54) is 7.11 Å². The first-order valence-electron chi connectivity index (χ1n) is 7.15. The standard InChI is InChI=1S/C17H16N4O2/c1-11-7-6-10-15-18-12(2)16(21(11)15)20-19-14-9-5-4-8-13(14)17(22)23-3/h4-10H,1-3H3. The van der Waals surface area contributed by atoms with Crippen molar-refractivity contribution < 1.29 is 9.53 Å². The molecule has 0 aliphatic rings. The highest BCUT2D eigenvalue weighted by Crippen LogP contribution is 2.26. The third-order valence-corrected chi connectivity index (χ3v) is 3.54. The zero-order valence-corrected chi connectivity index (χ0v) is 13.1. The van der Waals surface area contributed by atoms with E-state index in [1.807, 2.05) is 36.4 Å². The molecule has 3 aromatic rings. The molecule has 0 aliphatic heterocycles. The van der Waals surface area contributed by atoms with E-state index in [4.69, 9.17) is 4.74 Å². The van der Waals surface area contributed by atoms with E-state index in [0.717, 1.165) is 17.0 Å². The predicted molar refractivity (Wildman–Crippen MR) is 86.6 cm³/mol. The Labute approximate surface area is 133 Å². The number of hydrogen-bond acceptors (Lipinski definition) is 5. The number of carbonyl (C=O) groups excluding carboxylic acids is 1. The van der Waals surface area contributed by atoms with E-state index in [0.29, 0.717) is 17.1 Å². The molecule has 0 spiro atoms. The van der Waals surface area contributed by atoms with Gasteiger partial charge in [-0.3, -0.25) is 4.40 Å². The van der Waals surface area contributed by atoms with Gasteiger partial charge in [-0.2, -0.15) is 0 Å². The van der Waals surface area contributed by atoms with Crippen LogP contribution >= 0.6 is 0 Å². The molecule has 2 heterocycles. The molecule has 0 fully saturated rings. The van der Waals surface area contributed by atoms with Gasteiger partial charge in [0, 0.05) is 5.69 Å². The van der Waals surface area contributed by atoms with Crippen LogP contribution in [0.3, 0.4) is 0 Å². The van der Waals surface area contributed by atoms with Crippen LogP contribution in [0.1, 0.15) is 21.7 Å². The number of ether oxygens (including phenoxy) is 1. The Hall–Kier alpha value is -3.02. The van der Waals surface area contributed by atoms with Gasteiger partial charge in [-0.15, -0.1) is 10.2 Å². The molecular weight excluding hydrogens is 292 g/mol. The fourth-order valence-electron chi connectivity index (χ4n) is 2.41. The smallest absolute Gasteiger partial charge is 0.340 e. The number of nitrogens with zero attached hydrogens (tertiary/aromatic N) is 4. The highest BCUT2D eigenvalue weighted by molar-refractivity contribution is 5.94. The SMILES string of the molecule is COC(=O)c1ccccc1N=Nc1c(C)nc2cccc(C)n12. The van der Waals surface area contributed by atoms with Gasteiger partial charge in [0.1, 0.15) is 11.3 Å². The van der Waals surface area contributed by atoms with Crippen LogP contribution in [-0.2, 0) is 4.74 Å². The van der Waals surface area contributed by atoms with Gasteiger partial charge in [-0.05, 0) is 38.1 Å². The van der Waals surface area contributed by atoms with Crippen molar-refractivity contribution in [1.82, 2.24) is 9.38 Å². The molecule has 6 nitrogen and oxygen atoms in total. The molecule has 0 amide bonds. The summed E-state index contributed by atoms with van der Waals surface area (Å²) in [6, 6.07) is 12.8. The molecule has 116 valence electrons. The Morgan fingerprint density at radius 1 is 1.09 bits per heavy atom. The summed E-state index contributed by atoms with van der Waals surface area (Å²) in [7, 11) is 1.34. The Morgan fingerprint density at radius 3 is 2.65 bits per heavy atom. The van der Waals surface area contributed by atoms with Crippen molar-refractivity contribution in [2.45, 2.75) is 13.8 Å². The molecule has 0 atom stereocenters. The maximum Gasteiger partial charge on any atom is 0.340 e. The van der Waals surface area contributed by atoms with Crippen LogP contribution in [0.25, 0.3) is 5.65 Å². The van der Waals surface area contributed by atoms with Gasteiger partial charge >= 0.3 is 5.97 Å². The summed E-state index contributed by atoms with van der Waals surface area (Å²) in [6.07, 6.45) is 0. The van der Waals surface area contributed by atoms with E-state index in [2.05, 4.69) is 15.2 Å². The van der Waals surface area contributed by atoms with Crippen LogP contribution < -0.4 is 0 Å². The number of imidazole rings is 1. The molecule has 2 aromatic heterocycles. The van der Waals surface area contributed by atoms with Crippen molar-refractivity contribution in [2.24, 2.45) is 10.2 Å². The quantitative estimate of drug-likeness (QED) is 0.539. The van der Waals surface area contributed by atoms with Crippen LogP contribution in [-0.4, -0.2) is 22.5 Å². The molecule has 0 bridgehead atoms. The van der Waals surface area contributed by atoms with Gasteiger partial charge < -0.3 is 4.74 Å². The maximum atomic E-state index is 11.8. The van der Waals surface area contributed by atoms with Crippen LogP contribution in [0.15, 0.2) is 52.7 Å². The van der Waals surface area contributed by atoms with Gasteiger partial charge in [0.05, 0.1) is 18.4 Å². The number of hydrogen-bond donors (Lipinski definition) is 0. The summed E-state index contributed by atoms with van der Waals surface area (Å²) in [6.45, 7) is 3.86. The van der Waals surface area contributed by atoms with Crippen molar-refractivity contribution in [3.05, 3.63) is 59.4 Å². The number of carbonyl (C=O) groups is 1. The molecule has 0 radical (unpaired) electrons. The summed E-state index contributed by atoms with van der Waals surface area (Å²) < 4.78 is 6.70. The summed E-state index contributed by atoms with van der Waals surface area (Å²) in [5, 5.41) is 8.55. The Balaban J connectivity index is 2.08. The predicted octanol–water partition coefficient (Wildman–Crippen LogP) is 4.15. The average Bonchev–Trinajstić information content (AvgIpc) is 2.89. The minimum atomic E-state index is -0.439. The topological polar surface area (TPSA) is 68.3 Å². The number of aryl methyl sites for hydroxylation is 2.